The average Bonchev–Trinajstić information content (AvgIpc) is 2.45. The molecule has 0 saturated heterocycles. The maximum Gasteiger partial charge on any atom is 0.192 e. The Morgan fingerprint density at radius 1 is 1.30 bits per heavy atom. The summed E-state index contributed by atoms with van der Waals surface area (Å²) in [5.41, 5.74) is 1.26. The zero-order valence-electron chi connectivity index (χ0n) is 12.6. The minimum atomic E-state index is 0.248. The van der Waals surface area contributed by atoms with Crippen molar-refractivity contribution in [2.24, 2.45) is 4.99 Å². The Kier molecular flexibility index (Phi) is 7.23. The van der Waals surface area contributed by atoms with Gasteiger partial charge in [-0.3, -0.25) is 4.99 Å². The van der Waals surface area contributed by atoms with Crippen molar-refractivity contribution in [3.8, 4) is 12.3 Å². The Morgan fingerprint density at radius 2 is 2.00 bits per heavy atom. The molecule has 1 unspecified atom stereocenters. The first kappa shape index (κ1) is 16.1. The van der Waals surface area contributed by atoms with Gasteiger partial charge in [-0.1, -0.05) is 36.3 Å². The normalized spacial score (nSPS) is 12.8. The largest absolute Gasteiger partial charge is 0.357 e. The molecule has 4 nitrogen and oxygen atoms in total. The predicted molar refractivity (Wildman–Crippen MR) is 85.7 cm³/mol. The number of aliphatic imine (C=N–C) groups is 1. The molecule has 4 heteroatoms. The highest BCUT2D eigenvalue weighted by Crippen LogP contribution is 2.17. The fraction of sp³-hybridized carbons (Fsp3) is 0.438. The van der Waals surface area contributed by atoms with Gasteiger partial charge in [0, 0.05) is 6.54 Å². The molecular weight excluding hydrogens is 248 g/mol. The van der Waals surface area contributed by atoms with Crippen molar-refractivity contribution in [3.05, 3.63) is 35.9 Å². The van der Waals surface area contributed by atoms with Gasteiger partial charge in [0.1, 0.15) is 0 Å². The third-order valence-electron chi connectivity index (χ3n) is 2.93. The van der Waals surface area contributed by atoms with Gasteiger partial charge < -0.3 is 15.5 Å². The standard InChI is InChI=1S/C16H24N4/c1-5-12-18-16(17-6-2)19-13-15(20(3)4)14-10-8-7-9-11-14/h1,7-11,15H,6,12-13H2,2-4H3,(H2,17,18,19). The second-order valence-electron chi connectivity index (χ2n) is 4.67. The van der Waals surface area contributed by atoms with Crippen molar-refractivity contribution in [2.75, 3.05) is 33.7 Å². The lowest BCUT2D eigenvalue weighted by Gasteiger charge is -2.23. The molecule has 108 valence electrons. The Labute approximate surface area is 122 Å². The van der Waals surface area contributed by atoms with E-state index in [-0.39, 0.29) is 6.04 Å². The second kappa shape index (κ2) is 9.00. The van der Waals surface area contributed by atoms with E-state index >= 15 is 0 Å². The molecule has 20 heavy (non-hydrogen) atoms. The van der Waals surface area contributed by atoms with E-state index < -0.39 is 0 Å². The van der Waals surface area contributed by atoms with Gasteiger partial charge in [0.05, 0.1) is 19.1 Å². The molecule has 0 heterocycles. The van der Waals surface area contributed by atoms with Gasteiger partial charge in [-0.25, -0.2) is 0 Å². The van der Waals surface area contributed by atoms with Crippen LogP contribution < -0.4 is 10.6 Å². The van der Waals surface area contributed by atoms with Gasteiger partial charge in [0.25, 0.3) is 0 Å². The number of benzene rings is 1. The average molecular weight is 272 g/mol. The SMILES string of the molecule is C#CCNC(=NCC(c1ccccc1)N(C)C)NCC. The summed E-state index contributed by atoms with van der Waals surface area (Å²) < 4.78 is 0. The van der Waals surface area contributed by atoms with Crippen LogP contribution in [0.2, 0.25) is 0 Å². The molecule has 0 bridgehead atoms. The van der Waals surface area contributed by atoms with Crippen molar-refractivity contribution in [3.63, 3.8) is 0 Å². The van der Waals surface area contributed by atoms with Crippen LogP contribution in [0.15, 0.2) is 35.3 Å². The van der Waals surface area contributed by atoms with Gasteiger partial charge in [0.2, 0.25) is 0 Å². The minimum Gasteiger partial charge on any atom is -0.357 e. The minimum absolute atomic E-state index is 0.248. The van der Waals surface area contributed by atoms with Gasteiger partial charge in [0.15, 0.2) is 5.96 Å². The van der Waals surface area contributed by atoms with Gasteiger partial charge in [-0.2, -0.15) is 0 Å². The first-order chi connectivity index (χ1) is 9.69. The molecule has 0 amide bonds. The predicted octanol–water partition coefficient (Wildman–Crippen LogP) is 1.48. The van der Waals surface area contributed by atoms with Crippen LogP contribution in [0.1, 0.15) is 18.5 Å². The number of guanidine groups is 1. The molecule has 0 aliphatic carbocycles. The first-order valence-corrected chi connectivity index (χ1v) is 6.86. The monoisotopic (exact) mass is 272 g/mol. The fourth-order valence-electron chi connectivity index (χ4n) is 1.90. The zero-order valence-corrected chi connectivity index (χ0v) is 12.6. The van der Waals surface area contributed by atoms with Crippen LogP contribution in [0.3, 0.4) is 0 Å². The zero-order chi connectivity index (χ0) is 14.8. The van der Waals surface area contributed by atoms with Gasteiger partial charge >= 0.3 is 0 Å². The number of nitrogens with one attached hydrogen (secondary N) is 2. The molecular formula is C16H24N4. The summed E-state index contributed by atoms with van der Waals surface area (Å²) in [6.07, 6.45) is 5.26. The summed E-state index contributed by atoms with van der Waals surface area (Å²) in [4.78, 5) is 6.78. The van der Waals surface area contributed by atoms with Gasteiger partial charge in [-0.15, -0.1) is 6.42 Å². The van der Waals surface area contributed by atoms with Crippen molar-refractivity contribution >= 4 is 5.96 Å². The number of rotatable bonds is 6. The summed E-state index contributed by atoms with van der Waals surface area (Å²) in [5, 5.41) is 6.29. The third-order valence-corrected chi connectivity index (χ3v) is 2.93. The molecule has 1 aromatic rings. The quantitative estimate of drug-likeness (QED) is 0.468. The van der Waals surface area contributed by atoms with Crippen molar-refractivity contribution < 1.29 is 0 Å². The van der Waals surface area contributed by atoms with E-state index in [1.165, 1.54) is 5.56 Å². The molecule has 0 saturated carbocycles. The van der Waals surface area contributed by atoms with Crippen LogP contribution >= 0.6 is 0 Å². The molecule has 2 N–H and O–H groups in total. The second-order valence-corrected chi connectivity index (χ2v) is 4.67. The highest BCUT2D eigenvalue weighted by atomic mass is 15.2. The highest BCUT2D eigenvalue weighted by molar-refractivity contribution is 5.80. The lowest BCUT2D eigenvalue weighted by molar-refractivity contribution is 0.306. The van der Waals surface area contributed by atoms with E-state index in [0.717, 1.165) is 12.5 Å². The lowest BCUT2D eigenvalue weighted by atomic mass is 10.1. The smallest absolute Gasteiger partial charge is 0.192 e. The topological polar surface area (TPSA) is 39.7 Å². The fourth-order valence-corrected chi connectivity index (χ4v) is 1.90. The maximum atomic E-state index is 5.26. The Morgan fingerprint density at radius 3 is 2.55 bits per heavy atom. The van der Waals surface area contributed by atoms with E-state index in [0.29, 0.717) is 13.1 Å². The Hall–Kier alpha value is -1.99. The Balaban J connectivity index is 2.76. The summed E-state index contributed by atoms with van der Waals surface area (Å²) in [6, 6.07) is 10.6. The summed E-state index contributed by atoms with van der Waals surface area (Å²) in [6.45, 7) is 4.00. The van der Waals surface area contributed by atoms with Crippen LogP contribution in [-0.2, 0) is 0 Å². The highest BCUT2D eigenvalue weighted by Gasteiger charge is 2.13. The first-order valence-electron chi connectivity index (χ1n) is 6.86. The number of likely N-dealkylation sites (N-methyl/N-ethyl adjacent to an activating group) is 1. The maximum absolute atomic E-state index is 5.26. The van der Waals surface area contributed by atoms with E-state index in [4.69, 9.17) is 6.42 Å². The number of terminal acetylenes is 1. The summed E-state index contributed by atoms with van der Waals surface area (Å²) >= 11 is 0. The van der Waals surface area contributed by atoms with E-state index in [9.17, 15) is 0 Å². The molecule has 1 aromatic carbocycles. The molecule has 0 radical (unpaired) electrons. The number of hydrogen-bond acceptors (Lipinski definition) is 2. The molecule has 0 spiro atoms. The van der Waals surface area contributed by atoms with E-state index in [1.54, 1.807) is 0 Å². The lowest BCUT2D eigenvalue weighted by Crippen LogP contribution is -2.38. The molecule has 0 fully saturated rings. The van der Waals surface area contributed by atoms with Crippen LogP contribution in [-0.4, -0.2) is 44.6 Å². The molecule has 0 aromatic heterocycles. The Bertz CT molecular complexity index is 445. The van der Waals surface area contributed by atoms with Crippen molar-refractivity contribution in [1.82, 2.24) is 15.5 Å². The van der Waals surface area contributed by atoms with Gasteiger partial charge in [-0.05, 0) is 26.6 Å². The molecule has 0 aliphatic heterocycles. The van der Waals surface area contributed by atoms with E-state index in [1.807, 2.05) is 13.0 Å². The third kappa shape index (κ3) is 5.33. The van der Waals surface area contributed by atoms with Crippen LogP contribution in [0.4, 0.5) is 0 Å². The van der Waals surface area contributed by atoms with Crippen LogP contribution in [0.25, 0.3) is 0 Å². The van der Waals surface area contributed by atoms with Crippen LogP contribution in [0.5, 0.6) is 0 Å². The molecule has 1 rings (SSSR count). The van der Waals surface area contributed by atoms with E-state index in [2.05, 4.69) is 64.8 Å². The number of nitrogens with zero attached hydrogens (tertiary/aromatic N) is 2. The van der Waals surface area contributed by atoms with Crippen molar-refractivity contribution in [1.29, 1.82) is 0 Å². The summed E-state index contributed by atoms with van der Waals surface area (Å²) in [7, 11) is 4.13. The molecule has 1 atom stereocenters. The molecule has 0 aliphatic rings. The van der Waals surface area contributed by atoms with Crippen LogP contribution in [0, 0.1) is 12.3 Å². The number of hydrogen-bond donors (Lipinski definition) is 2. The van der Waals surface area contributed by atoms with Crippen molar-refractivity contribution in [2.45, 2.75) is 13.0 Å². The summed E-state index contributed by atoms with van der Waals surface area (Å²) in [5.74, 6) is 3.31.